The van der Waals surface area contributed by atoms with Crippen LogP contribution in [0.25, 0.3) is 0 Å². The number of hydrogen-bond donors (Lipinski definition) is 1. The highest BCUT2D eigenvalue weighted by molar-refractivity contribution is 6.31. The summed E-state index contributed by atoms with van der Waals surface area (Å²) < 4.78 is 13.0. The summed E-state index contributed by atoms with van der Waals surface area (Å²) in [5, 5.41) is 3.67. The van der Waals surface area contributed by atoms with Gasteiger partial charge in [-0.25, -0.2) is 4.39 Å². The number of benzene rings is 2. The molecular weight excluding hydrogens is 339 g/mol. The van der Waals surface area contributed by atoms with Gasteiger partial charge in [0.15, 0.2) is 0 Å². The largest absolute Gasteiger partial charge is 0.352 e. The Balaban J connectivity index is 1.52. The van der Waals surface area contributed by atoms with Crippen LogP contribution in [0, 0.1) is 11.7 Å². The lowest BCUT2D eigenvalue weighted by Gasteiger charge is -2.32. The molecule has 1 fully saturated rings. The molecule has 3 rings (SSSR count). The summed E-state index contributed by atoms with van der Waals surface area (Å²) in [5.41, 5.74) is 2.00. The SMILES string of the molecule is O=C(NCc1ccccc1Cl)C1CCCN(Cc2ccc(F)cc2)C1. The molecule has 2 aromatic carbocycles. The molecule has 0 radical (unpaired) electrons. The quantitative estimate of drug-likeness (QED) is 0.873. The van der Waals surface area contributed by atoms with E-state index in [1.807, 2.05) is 24.3 Å². The molecule has 2 aromatic rings. The molecule has 3 nitrogen and oxygen atoms in total. The van der Waals surface area contributed by atoms with Gasteiger partial charge >= 0.3 is 0 Å². The summed E-state index contributed by atoms with van der Waals surface area (Å²) in [5.74, 6) is -0.167. The van der Waals surface area contributed by atoms with Crippen LogP contribution in [0.5, 0.6) is 0 Å². The van der Waals surface area contributed by atoms with Crippen LogP contribution in [-0.4, -0.2) is 23.9 Å². The van der Waals surface area contributed by atoms with E-state index in [0.29, 0.717) is 11.6 Å². The van der Waals surface area contributed by atoms with Crippen molar-refractivity contribution in [2.45, 2.75) is 25.9 Å². The van der Waals surface area contributed by atoms with E-state index in [4.69, 9.17) is 11.6 Å². The van der Waals surface area contributed by atoms with E-state index in [9.17, 15) is 9.18 Å². The summed E-state index contributed by atoms with van der Waals surface area (Å²) >= 11 is 6.13. The van der Waals surface area contributed by atoms with Gasteiger partial charge in [-0.05, 0) is 48.7 Å². The predicted octanol–water partition coefficient (Wildman–Crippen LogP) is 4.01. The summed E-state index contributed by atoms with van der Waals surface area (Å²) in [6.07, 6.45) is 1.89. The number of piperidine rings is 1. The number of likely N-dealkylation sites (tertiary alicyclic amines) is 1. The third kappa shape index (κ3) is 5.03. The number of nitrogens with zero attached hydrogens (tertiary/aromatic N) is 1. The lowest BCUT2D eigenvalue weighted by Crippen LogP contribution is -2.42. The van der Waals surface area contributed by atoms with Crippen molar-refractivity contribution in [1.82, 2.24) is 10.2 Å². The topological polar surface area (TPSA) is 32.3 Å². The van der Waals surface area contributed by atoms with Gasteiger partial charge in [-0.1, -0.05) is 41.9 Å². The van der Waals surface area contributed by atoms with Crippen molar-refractivity contribution in [2.24, 2.45) is 5.92 Å². The maximum Gasteiger partial charge on any atom is 0.224 e. The third-order valence-corrected chi connectivity index (χ3v) is 4.98. The maximum absolute atomic E-state index is 13.0. The van der Waals surface area contributed by atoms with Crippen LogP contribution in [-0.2, 0) is 17.9 Å². The van der Waals surface area contributed by atoms with Crippen LogP contribution < -0.4 is 5.32 Å². The van der Waals surface area contributed by atoms with Crippen LogP contribution in [0.3, 0.4) is 0 Å². The second-order valence-electron chi connectivity index (χ2n) is 6.51. The molecule has 0 saturated carbocycles. The lowest BCUT2D eigenvalue weighted by molar-refractivity contribution is -0.126. The monoisotopic (exact) mass is 360 g/mol. The molecule has 25 heavy (non-hydrogen) atoms. The molecule has 1 N–H and O–H groups in total. The van der Waals surface area contributed by atoms with Crippen molar-refractivity contribution < 1.29 is 9.18 Å². The van der Waals surface area contributed by atoms with Gasteiger partial charge in [0.1, 0.15) is 5.82 Å². The van der Waals surface area contributed by atoms with E-state index < -0.39 is 0 Å². The Morgan fingerprint density at radius 3 is 2.72 bits per heavy atom. The second kappa shape index (κ2) is 8.45. The van der Waals surface area contributed by atoms with E-state index in [-0.39, 0.29) is 17.6 Å². The molecule has 1 unspecified atom stereocenters. The lowest BCUT2D eigenvalue weighted by atomic mass is 9.96. The van der Waals surface area contributed by atoms with Crippen LogP contribution in [0.4, 0.5) is 4.39 Å². The fraction of sp³-hybridized carbons (Fsp3) is 0.350. The molecule has 0 aromatic heterocycles. The number of amides is 1. The maximum atomic E-state index is 13.0. The smallest absolute Gasteiger partial charge is 0.224 e. The van der Waals surface area contributed by atoms with Crippen LogP contribution >= 0.6 is 11.6 Å². The van der Waals surface area contributed by atoms with Gasteiger partial charge < -0.3 is 5.32 Å². The average Bonchev–Trinajstić information content (AvgIpc) is 2.63. The zero-order chi connectivity index (χ0) is 17.6. The van der Waals surface area contributed by atoms with Crippen molar-refractivity contribution in [3.05, 3.63) is 70.5 Å². The molecule has 1 aliphatic heterocycles. The van der Waals surface area contributed by atoms with E-state index in [1.165, 1.54) is 12.1 Å². The number of nitrogens with one attached hydrogen (secondary N) is 1. The molecule has 1 aliphatic rings. The van der Waals surface area contributed by atoms with Crippen LogP contribution in [0.1, 0.15) is 24.0 Å². The Morgan fingerprint density at radius 2 is 1.96 bits per heavy atom. The van der Waals surface area contributed by atoms with Gasteiger partial charge in [0.2, 0.25) is 5.91 Å². The molecular formula is C20H22ClFN2O. The fourth-order valence-corrected chi connectivity index (χ4v) is 3.43. The first-order valence-electron chi connectivity index (χ1n) is 8.60. The van der Waals surface area contributed by atoms with Crippen molar-refractivity contribution in [3.8, 4) is 0 Å². The number of halogens is 2. The van der Waals surface area contributed by atoms with Crippen molar-refractivity contribution >= 4 is 17.5 Å². The van der Waals surface area contributed by atoms with Gasteiger partial charge in [0.25, 0.3) is 0 Å². The Kier molecular flexibility index (Phi) is 6.05. The van der Waals surface area contributed by atoms with Crippen LogP contribution in [0.15, 0.2) is 48.5 Å². The van der Waals surface area contributed by atoms with Gasteiger partial charge in [-0.3, -0.25) is 9.69 Å². The summed E-state index contributed by atoms with van der Waals surface area (Å²) in [6.45, 7) is 2.89. The second-order valence-corrected chi connectivity index (χ2v) is 6.92. The molecule has 1 amide bonds. The van der Waals surface area contributed by atoms with Crippen molar-refractivity contribution in [1.29, 1.82) is 0 Å². The number of carbonyl (C=O) groups excluding carboxylic acids is 1. The van der Waals surface area contributed by atoms with Gasteiger partial charge in [0.05, 0.1) is 5.92 Å². The summed E-state index contributed by atoms with van der Waals surface area (Å²) in [4.78, 5) is 14.8. The highest BCUT2D eigenvalue weighted by Gasteiger charge is 2.25. The molecule has 1 saturated heterocycles. The molecule has 132 valence electrons. The predicted molar refractivity (Wildman–Crippen MR) is 97.7 cm³/mol. The van der Waals surface area contributed by atoms with E-state index in [1.54, 1.807) is 12.1 Å². The van der Waals surface area contributed by atoms with Crippen molar-refractivity contribution in [3.63, 3.8) is 0 Å². The Bertz CT molecular complexity index is 720. The molecule has 1 atom stereocenters. The van der Waals surface area contributed by atoms with Gasteiger partial charge in [-0.2, -0.15) is 0 Å². The van der Waals surface area contributed by atoms with E-state index in [0.717, 1.165) is 43.6 Å². The third-order valence-electron chi connectivity index (χ3n) is 4.61. The molecule has 1 heterocycles. The average molecular weight is 361 g/mol. The highest BCUT2D eigenvalue weighted by Crippen LogP contribution is 2.20. The first kappa shape index (κ1) is 17.9. The van der Waals surface area contributed by atoms with E-state index in [2.05, 4.69) is 10.2 Å². The summed E-state index contributed by atoms with van der Waals surface area (Å²) in [6, 6.07) is 14.1. The zero-order valence-corrected chi connectivity index (χ0v) is 14.8. The minimum atomic E-state index is -0.223. The zero-order valence-electron chi connectivity index (χ0n) is 14.1. The minimum Gasteiger partial charge on any atom is -0.352 e. The standard InChI is InChI=1S/C20H22ClFN2O/c21-19-6-2-1-4-16(19)12-23-20(25)17-5-3-11-24(14-17)13-15-7-9-18(22)10-8-15/h1-2,4,6-10,17H,3,5,11-14H2,(H,23,25). The number of rotatable bonds is 5. The number of carbonyl (C=O) groups is 1. The minimum absolute atomic E-state index is 0.0170. The Hall–Kier alpha value is -1.91. The van der Waals surface area contributed by atoms with Gasteiger partial charge in [-0.15, -0.1) is 0 Å². The first-order chi connectivity index (χ1) is 12.1. The van der Waals surface area contributed by atoms with Crippen molar-refractivity contribution in [2.75, 3.05) is 13.1 Å². The molecule has 0 bridgehead atoms. The summed E-state index contributed by atoms with van der Waals surface area (Å²) in [7, 11) is 0. The molecule has 0 aliphatic carbocycles. The Labute approximate surface area is 152 Å². The highest BCUT2D eigenvalue weighted by atomic mass is 35.5. The first-order valence-corrected chi connectivity index (χ1v) is 8.97. The fourth-order valence-electron chi connectivity index (χ4n) is 3.23. The Morgan fingerprint density at radius 1 is 1.20 bits per heavy atom. The normalized spacial score (nSPS) is 18.1. The molecule has 0 spiro atoms. The van der Waals surface area contributed by atoms with E-state index >= 15 is 0 Å². The molecule has 5 heteroatoms. The van der Waals surface area contributed by atoms with Gasteiger partial charge in [0, 0.05) is 24.7 Å². The van der Waals surface area contributed by atoms with Crippen LogP contribution in [0.2, 0.25) is 5.02 Å². The number of hydrogen-bond acceptors (Lipinski definition) is 2.